The Kier molecular flexibility index (Phi) is 2.57. The van der Waals surface area contributed by atoms with Gasteiger partial charge in [-0.25, -0.2) is 9.18 Å². The lowest BCUT2D eigenvalue weighted by Crippen LogP contribution is -1.98. The van der Waals surface area contributed by atoms with E-state index in [1.165, 1.54) is 6.07 Å². The third kappa shape index (κ3) is 1.87. The van der Waals surface area contributed by atoms with Crippen molar-refractivity contribution in [1.29, 1.82) is 0 Å². The molecule has 1 aromatic heterocycles. The van der Waals surface area contributed by atoms with Gasteiger partial charge in [-0.2, -0.15) is 4.98 Å². The third-order valence-corrected chi connectivity index (χ3v) is 2.09. The van der Waals surface area contributed by atoms with Gasteiger partial charge in [0.15, 0.2) is 0 Å². The molecule has 82 valence electrons. The van der Waals surface area contributed by atoms with Crippen molar-refractivity contribution in [3.63, 3.8) is 0 Å². The number of hydrogen-bond acceptors (Lipinski definition) is 4. The quantitative estimate of drug-likeness (QED) is 0.874. The Morgan fingerprint density at radius 3 is 2.81 bits per heavy atom. The maximum absolute atomic E-state index is 12.8. The van der Waals surface area contributed by atoms with Crippen molar-refractivity contribution >= 4 is 17.6 Å². The highest BCUT2D eigenvalue weighted by atomic mass is 35.5. The van der Waals surface area contributed by atoms with Gasteiger partial charge < -0.3 is 9.63 Å². The molecule has 0 amide bonds. The molecule has 5 nitrogen and oxygen atoms in total. The van der Waals surface area contributed by atoms with Gasteiger partial charge in [-0.1, -0.05) is 11.6 Å². The number of carboxylic acid groups (broad SMARTS) is 1. The summed E-state index contributed by atoms with van der Waals surface area (Å²) in [5.41, 5.74) is 0.281. The predicted molar refractivity (Wildman–Crippen MR) is 51.7 cm³/mol. The predicted octanol–water partition coefficient (Wildman–Crippen LogP) is 2.23. The Labute approximate surface area is 93.5 Å². The van der Waals surface area contributed by atoms with E-state index in [1.807, 2.05) is 0 Å². The van der Waals surface area contributed by atoms with Crippen LogP contribution in [0.2, 0.25) is 5.02 Å². The fourth-order valence-electron chi connectivity index (χ4n) is 1.08. The molecule has 1 heterocycles. The smallest absolute Gasteiger partial charge is 0.377 e. The standard InChI is InChI=1S/C9H4ClFN2O3/c10-6-3-4(11)1-2-5(6)8-12-7(9(14)15)13-16-8/h1-3H,(H,14,15). The molecule has 1 aromatic carbocycles. The third-order valence-electron chi connectivity index (χ3n) is 1.78. The highest BCUT2D eigenvalue weighted by Gasteiger charge is 2.16. The fraction of sp³-hybridized carbons (Fsp3) is 0. The number of aromatic nitrogens is 2. The van der Waals surface area contributed by atoms with Crippen molar-refractivity contribution in [1.82, 2.24) is 10.1 Å². The Morgan fingerprint density at radius 2 is 2.25 bits per heavy atom. The molecular formula is C9H4ClFN2O3. The minimum Gasteiger partial charge on any atom is -0.475 e. The Morgan fingerprint density at radius 1 is 1.50 bits per heavy atom. The van der Waals surface area contributed by atoms with Crippen LogP contribution < -0.4 is 0 Å². The van der Waals surface area contributed by atoms with Gasteiger partial charge in [-0.15, -0.1) is 0 Å². The van der Waals surface area contributed by atoms with Crippen molar-refractivity contribution in [3.05, 3.63) is 34.9 Å². The van der Waals surface area contributed by atoms with Crippen LogP contribution in [0.25, 0.3) is 11.5 Å². The normalized spacial score (nSPS) is 10.4. The van der Waals surface area contributed by atoms with Crippen LogP contribution in [-0.4, -0.2) is 21.2 Å². The van der Waals surface area contributed by atoms with E-state index in [0.29, 0.717) is 0 Å². The summed E-state index contributed by atoms with van der Waals surface area (Å²) in [6.45, 7) is 0. The first kappa shape index (κ1) is 10.6. The maximum Gasteiger partial charge on any atom is 0.377 e. The van der Waals surface area contributed by atoms with Gasteiger partial charge in [0.2, 0.25) is 0 Å². The molecule has 0 atom stereocenters. The number of hydrogen-bond donors (Lipinski definition) is 1. The highest BCUT2D eigenvalue weighted by molar-refractivity contribution is 6.33. The average molecular weight is 243 g/mol. The zero-order valence-corrected chi connectivity index (χ0v) is 8.40. The van der Waals surface area contributed by atoms with E-state index in [4.69, 9.17) is 16.7 Å². The van der Waals surface area contributed by atoms with E-state index < -0.39 is 17.6 Å². The number of benzene rings is 1. The summed E-state index contributed by atoms with van der Waals surface area (Å²) in [6, 6.07) is 3.56. The Bertz CT molecular complexity index is 555. The first-order valence-corrected chi connectivity index (χ1v) is 4.48. The van der Waals surface area contributed by atoms with E-state index in [2.05, 4.69) is 14.7 Å². The van der Waals surface area contributed by atoms with Crippen molar-refractivity contribution < 1.29 is 18.8 Å². The maximum atomic E-state index is 12.8. The zero-order valence-electron chi connectivity index (χ0n) is 7.65. The largest absolute Gasteiger partial charge is 0.475 e. The number of rotatable bonds is 2. The number of carboxylic acids is 1. The molecule has 0 fully saturated rings. The monoisotopic (exact) mass is 242 g/mol. The van der Waals surface area contributed by atoms with Crippen LogP contribution in [0.3, 0.4) is 0 Å². The summed E-state index contributed by atoms with van der Waals surface area (Å²) >= 11 is 5.74. The average Bonchev–Trinajstić information content (AvgIpc) is 2.66. The molecule has 2 rings (SSSR count). The van der Waals surface area contributed by atoms with Gasteiger partial charge >= 0.3 is 5.97 Å². The summed E-state index contributed by atoms with van der Waals surface area (Å²) in [4.78, 5) is 14.1. The zero-order chi connectivity index (χ0) is 11.7. The van der Waals surface area contributed by atoms with Crippen molar-refractivity contribution in [2.24, 2.45) is 0 Å². The SMILES string of the molecule is O=C(O)c1noc(-c2ccc(F)cc2Cl)n1. The van der Waals surface area contributed by atoms with E-state index in [0.717, 1.165) is 12.1 Å². The molecule has 0 saturated heterocycles. The molecule has 0 aliphatic heterocycles. The van der Waals surface area contributed by atoms with Crippen molar-refractivity contribution in [3.8, 4) is 11.5 Å². The Hall–Kier alpha value is -1.95. The van der Waals surface area contributed by atoms with E-state index >= 15 is 0 Å². The molecule has 2 aromatic rings. The van der Waals surface area contributed by atoms with Crippen molar-refractivity contribution in [2.75, 3.05) is 0 Å². The lowest BCUT2D eigenvalue weighted by atomic mass is 10.2. The van der Waals surface area contributed by atoms with Gasteiger partial charge in [0.05, 0.1) is 10.6 Å². The van der Waals surface area contributed by atoms with E-state index in [-0.39, 0.29) is 16.5 Å². The van der Waals surface area contributed by atoms with Crippen LogP contribution in [0, 0.1) is 5.82 Å². The first-order chi connectivity index (χ1) is 7.58. The summed E-state index contributed by atoms with van der Waals surface area (Å²) in [5.74, 6) is -2.36. The molecule has 0 aliphatic rings. The second kappa shape index (κ2) is 3.90. The molecule has 0 aliphatic carbocycles. The molecule has 0 unspecified atom stereocenters. The van der Waals surface area contributed by atoms with Crippen molar-refractivity contribution in [2.45, 2.75) is 0 Å². The molecule has 7 heteroatoms. The van der Waals surface area contributed by atoms with Gasteiger partial charge in [0.1, 0.15) is 5.82 Å². The lowest BCUT2D eigenvalue weighted by molar-refractivity contribution is 0.0680. The highest BCUT2D eigenvalue weighted by Crippen LogP contribution is 2.26. The Balaban J connectivity index is 2.46. The molecule has 1 N–H and O–H groups in total. The van der Waals surface area contributed by atoms with Crippen LogP contribution in [0.5, 0.6) is 0 Å². The molecule has 0 saturated carbocycles. The number of aromatic carboxylic acids is 1. The first-order valence-electron chi connectivity index (χ1n) is 4.10. The van der Waals surface area contributed by atoms with Gasteiger partial charge in [-0.05, 0) is 23.4 Å². The number of nitrogens with zero attached hydrogens (tertiary/aromatic N) is 2. The van der Waals surface area contributed by atoms with Crippen LogP contribution in [0.1, 0.15) is 10.6 Å². The second-order valence-electron chi connectivity index (χ2n) is 2.85. The molecule has 0 spiro atoms. The lowest BCUT2D eigenvalue weighted by Gasteiger charge is -1.97. The minimum absolute atomic E-state index is 0.0672. The molecule has 0 radical (unpaired) electrons. The summed E-state index contributed by atoms with van der Waals surface area (Å²) < 4.78 is 17.4. The topological polar surface area (TPSA) is 76.2 Å². The van der Waals surface area contributed by atoms with Crippen LogP contribution in [0.15, 0.2) is 22.7 Å². The summed E-state index contributed by atoms with van der Waals surface area (Å²) in [5, 5.41) is 11.9. The van der Waals surface area contributed by atoms with Gasteiger partial charge in [0, 0.05) is 0 Å². The molecule has 16 heavy (non-hydrogen) atoms. The van der Waals surface area contributed by atoms with Crippen LogP contribution in [-0.2, 0) is 0 Å². The van der Waals surface area contributed by atoms with Gasteiger partial charge in [-0.3, -0.25) is 0 Å². The van der Waals surface area contributed by atoms with Crippen LogP contribution in [0.4, 0.5) is 4.39 Å². The van der Waals surface area contributed by atoms with E-state index in [9.17, 15) is 9.18 Å². The fourth-order valence-corrected chi connectivity index (χ4v) is 1.33. The van der Waals surface area contributed by atoms with Crippen LogP contribution >= 0.6 is 11.6 Å². The number of halogens is 2. The molecular weight excluding hydrogens is 239 g/mol. The van der Waals surface area contributed by atoms with Gasteiger partial charge in [0.25, 0.3) is 11.7 Å². The number of carbonyl (C=O) groups is 1. The summed E-state index contributed by atoms with van der Waals surface area (Å²) in [7, 11) is 0. The minimum atomic E-state index is -1.31. The summed E-state index contributed by atoms with van der Waals surface area (Å²) in [6.07, 6.45) is 0. The second-order valence-corrected chi connectivity index (χ2v) is 3.26. The van der Waals surface area contributed by atoms with E-state index in [1.54, 1.807) is 0 Å². The molecule has 0 bridgehead atoms.